The van der Waals surface area contributed by atoms with Crippen LogP contribution in [-0.4, -0.2) is 76.6 Å². The quantitative estimate of drug-likeness (QED) is 0.290. The number of hydrogen-bond donors (Lipinski definition) is 4. The summed E-state index contributed by atoms with van der Waals surface area (Å²) in [5, 5.41) is 25.9. The monoisotopic (exact) mass is 534 g/mol. The van der Waals surface area contributed by atoms with Gasteiger partial charge in [0.25, 0.3) is 0 Å². The molecule has 2 aliphatic rings. The summed E-state index contributed by atoms with van der Waals surface area (Å²) in [4.78, 5) is 39.0. The molecule has 2 amide bonds. The third-order valence-corrected chi connectivity index (χ3v) is 6.02. The van der Waals surface area contributed by atoms with Crippen molar-refractivity contribution in [2.45, 2.75) is 89.7 Å². The third-order valence-electron chi connectivity index (χ3n) is 6.02. The fraction of sp³-hybridized carbons (Fsp3) is 0.593. The molecule has 1 saturated heterocycles. The number of phenolic OH excluding ortho intramolecular Hbond substituents is 1. The van der Waals surface area contributed by atoms with E-state index in [-0.39, 0.29) is 18.8 Å². The molecule has 6 atom stereocenters. The van der Waals surface area contributed by atoms with E-state index < -0.39 is 65.7 Å². The van der Waals surface area contributed by atoms with E-state index in [0.717, 1.165) is 0 Å². The summed E-state index contributed by atoms with van der Waals surface area (Å²) in [6, 6.07) is 3.73. The molecule has 0 radical (unpaired) electrons. The van der Waals surface area contributed by atoms with Gasteiger partial charge in [-0.15, -0.1) is 0 Å². The molecule has 0 bridgehead atoms. The predicted octanol–water partition coefficient (Wildman–Crippen LogP) is 1.94. The van der Waals surface area contributed by atoms with Gasteiger partial charge in [-0.05, 0) is 59.2 Å². The normalized spacial score (nSPS) is 25.6. The molecule has 4 N–H and O–H groups in total. The Balaban J connectivity index is 1.84. The van der Waals surface area contributed by atoms with Crippen LogP contribution in [0.25, 0.3) is 0 Å². The Bertz CT molecular complexity index is 1030. The van der Waals surface area contributed by atoms with Crippen LogP contribution in [0.15, 0.2) is 36.4 Å². The van der Waals surface area contributed by atoms with Crippen molar-refractivity contribution in [2.24, 2.45) is 5.92 Å². The first kappa shape index (κ1) is 29.4. The number of carbonyl (C=O) groups is 3. The highest BCUT2D eigenvalue weighted by molar-refractivity contribution is 5.90. The minimum Gasteiger partial charge on any atom is -0.508 e. The third kappa shape index (κ3) is 7.68. The van der Waals surface area contributed by atoms with Gasteiger partial charge in [-0.3, -0.25) is 4.79 Å². The summed E-state index contributed by atoms with van der Waals surface area (Å²) < 4.78 is 22.2. The average molecular weight is 535 g/mol. The topological polar surface area (TPSA) is 153 Å². The van der Waals surface area contributed by atoms with Crippen LogP contribution in [0.1, 0.15) is 47.1 Å². The molecule has 3 rings (SSSR count). The van der Waals surface area contributed by atoms with Crippen LogP contribution in [0.5, 0.6) is 5.75 Å². The largest absolute Gasteiger partial charge is 0.508 e. The van der Waals surface area contributed by atoms with Gasteiger partial charge in [-0.1, -0.05) is 24.3 Å². The number of benzene rings is 1. The van der Waals surface area contributed by atoms with E-state index in [1.807, 2.05) is 0 Å². The molecule has 11 nitrogen and oxygen atoms in total. The molecule has 0 aromatic heterocycles. The number of esters is 1. The second-order valence-corrected chi connectivity index (χ2v) is 10.8. The Morgan fingerprint density at radius 3 is 2.34 bits per heavy atom. The zero-order valence-corrected chi connectivity index (χ0v) is 22.6. The molecule has 1 aromatic carbocycles. The van der Waals surface area contributed by atoms with Gasteiger partial charge >= 0.3 is 12.1 Å². The van der Waals surface area contributed by atoms with E-state index in [4.69, 9.17) is 18.9 Å². The Morgan fingerprint density at radius 2 is 1.74 bits per heavy atom. The van der Waals surface area contributed by atoms with Crippen molar-refractivity contribution < 1.29 is 43.5 Å². The predicted molar refractivity (Wildman–Crippen MR) is 136 cm³/mol. The van der Waals surface area contributed by atoms with Crippen molar-refractivity contribution in [1.82, 2.24) is 10.6 Å². The molecule has 1 heterocycles. The van der Waals surface area contributed by atoms with Gasteiger partial charge in [0, 0.05) is 12.3 Å². The number of phenols is 1. The fourth-order valence-corrected chi connectivity index (χ4v) is 4.43. The summed E-state index contributed by atoms with van der Waals surface area (Å²) in [6.07, 6.45) is 0.0860. The Labute approximate surface area is 222 Å². The van der Waals surface area contributed by atoms with Crippen LogP contribution in [0.4, 0.5) is 4.79 Å². The highest BCUT2D eigenvalue weighted by atomic mass is 16.8. The lowest BCUT2D eigenvalue weighted by atomic mass is 9.83. The lowest BCUT2D eigenvalue weighted by Crippen LogP contribution is -2.58. The minimum atomic E-state index is -1.27. The van der Waals surface area contributed by atoms with Gasteiger partial charge in [0.05, 0.1) is 12.7 Å². The van der Waals surface area contributed by atoms with Crippen LogP contribution < -0.4 is 10.6 Å². The maximum atomic E-state index is 13.5. The van der Waals surface area contributed by atoms with Gasteiger partial charge in [-0.2, -0.15) is 0 Å². The Kier molecular flexibility index (Phi) is 9.06. The number of aliphatic hydroxyl groups excluding tert-OH is 1. The van der Waals surface area contributed by atoms with Crippen LogP contribution in [-0.2, 0) is 35.0 Å². The van der Waals surface area contributed by atoms with Crippen molar-refractivity contribution in [1.29, 1.82) is 0 Å². The van der Waals surface area contributed by atoms with Crippen molar-refractivity contribution in [2.75, 3.05) is 6.61 Å². The Morgan fingerprint density at radius 1 is 1.08 bits per heavy atom. The van der Waals surface area contributed by atoms with Crippen LogP contribution in [0.3, 0.4) is 0 Å². The number of amides is 2. The molecule has 1 aliphatic carbocycles. The van der Waals surface area contributed by atoms with Gasteiger partial charge < -0.3 is 39.8 Å². The van der Waals surface area contributed by atoms with E-state index in [2.05, 4.69) is 10.6 Å². The summed E-state index contributed by atoms with van der Waals surface area (Å²) in [5.74, 6) is -3.19. The Hall–Kier alpha value is -3.15. The summed E-state index contributed by atoms with van der Waals surface area (Å²) in [5.41, 5.74) is -0.159. The summed E-state index contributed by atoms with van der Waals surface area (Å²) in [7, 11) is 0. The van der Waals surface area contributed by atoms with Crippen LogP contribution in [0, 0.1) is 5.92 Å². The number of carbonyl (C=O) groups excluding carboxylic acids is 3. The molecule has 1 aromatic rings. The standard InChI is InChI=1S/C27H38N2O9/c1-7-35-24(33)20(17-12-13-19-22(21(17)31)37-27(5,6)36-19)29-23(32)18(28-25(34)38-26(2,3)4)14-15-8-10-16(30)11-9-15/h8-13,17-22,30-31H,7,14H2,1-6H3,(H,28,34)(H,29,32)/t17-,18-,19-,20+,21-,22-/m0/s1. The van der Waals surface area contributed by atoms with Gasteiger partial charge in [0.1, 0.15) is 35.6 Å². The summed E-state index contributed by atoms with van der Waals surface area (Å²) in [6.45, 7) is 10.2. The molecule has 0 saturated carbocycles. The summed E-state index contributed by atoms with van der Waals surface area (Å²) >= 11 is 0. The van der Waals surface area contributed by atoms with Crippen molar-refractivity contribution in [3.63, 3.8) is 0 Å². The first-order valence-electron chi connectivity index (χ1n) is 12.7. The number of rotatable bonds is 8. The molecular weight excluding hydrogens is 496 g/mol. The minimum absolute atomic E-state index is 0.0415. The van der Waals surface area contributed by atoms with Gasteiger partial charge in [0.2, 0.25) is 5.91 Å². The molecule has 1 fully saturated rings. The number of alkyl carbamates (subject to hydrolysis) is 1. The van der Waals surface area contributed by atoms with Gasteiger partial charge in [-0.25, -0.2) is 9.59 Å². The van der Waals surface area contributed by atoms with Crippen LogP contribution in [0.2, 0.25) is 0 Å². The maximum Gasteiger partial charge on any atom is 0.408 e. The van der Waals surface area contributed by atoms with Crippen molar-refractivity contribution in [3.05, 3.63) is 42.0 Å². The molecule has 0 unspecified atom stereocenters. The van der Waals surface area contributed by atoms with E-state index in [0.29, 0.717) is 5.56 Å². The smallest absolute Gasteiger partial charge is 0.408 e. The number of fused-ring (bicyclic) bond motifs is 1. The average Bonchev–Trinajstić information content (AvgIpc) is 3.13. The molecule has 38 heavy (non-hydrogen) atoms. The molecule has 11 heteroatoms. The number of nitrogens with one attached hydrogen (secondary N) is 2. The lowest BCUT2D eigenvalue weighted by Gasteiger charge is -2.35. The zero-order chi connectivity index (χ0) is 28.3. The van der Waals surface area contributed by atoms with E-state index >= 15 is 0 Å². The van der Waals surface area contributed by atoms with Crippen molar-refractivity contribution >= 4 is 18.0 Å². The highest BCUT2D eigenvalue weighted by Gasteiger charge is 2.50. The first-order chi connectivity index (χ1) is 17.7. The number of aliphatic hydroxyl groups is 1. The molecule has 0 spiro atoms. The van der Waals surface area contributed by atoms with Crippen molar-refractivity contribution in [3.8, 4) is 5.75 Å². The first-order valence-corrected chi connectivity index (χ1v) is 12.7. The second-order valence-electron chi connectivity index (χ2n) is 10.8. The maximum absolute atomic E-state index is 13.5. The van der Waals surface area contributed by atoms with Crippen LogP contribution >= 0.6 is 0 Å². The highest BCUT2D eigenvalue weighted by Crippen LogP contribution is 2.37. The SMILES string of the molecule is CCOC(=O)[C@H](NC(=O)[C@H](Cc1ccc(O)cc1)NC(=O)OC(C)(C)C)[C@@H]1C=C[C@@H]2OC(C)(C)O[C@@H]2[C@H]1O. The van der Waals surface area contributed by atoms with E-state index in [1.165, 1.54) is 12.1 Å². The number of aromatic hydroxyl groups is 1. The molecule has 1 aliphatic heterocycles. The number of ether oxygens (including phenoxy) is 4. The molecule has 210 valence electrons. The van der Waals surface area contributed by atoms with Gasteiger partial charge in [0.15, 0.2) is 5.79 Å². The fourth-order valence-electron chi connectivity index (χ4n) is 4.43. The zero-order valence-electron chi connectivity index (χ0n) is 22.6. The van der Waals surface area contributed by atoms with E-state index in [1.54, 1.807) is 65.8 Å². The number of hydrogen-bond acceptors (Lipinski definition) is 9. The van der Waals surface area contributed by atoms with E-state index in [9.17, 15) is 24.6 Å². The molecular formula is C27H38N2O9. The second kappa shape index (κ2) is 11.7. The lowest BCUT2D eigenvalue weighted by molar-refractivity contribution is -0.160.